The van der Waals surface area contributed by atoms with E-state index in [9.17, 15) is 14.0 Å². The Hall–Kier alpha value is -2.80. The number of nitrogens with zero attached hydrogens (tertiary/aromatic N) is 2. The van der Waals surface area contributed by atoms with Crippen LogP contribution in [0.1, 0.15) is 36.0 Å². The van der Waals surface area contributed by atoms with Gasteiger partial charge < -0.3 is 15.0 Å². The highest BCUT2D eigenvalue weighted by atomic mass is 19.1. The number of morpholine rings is 1. The van der Waals surface area contributed by atoms with Crippen LogP contribution >= 0.6 is 0 Å². The van der Waals surface area contributed by atoms with E-state index in [0.717, 1.165) is 25.7 Å². The van der Waals surface area contributed by atoms with Crippen LogP contribution in [0.4, 0.5) is 4.39 Å². The van der Waals surface area contributed by atoms with Gasteiger partial charge in [-0.15, -0.1) is 0 Å². The molecule has 2 heterocycles. The zero-order valence-corrected chi connectivity index (χ0v) is 16.9. The average Bonchev–Trinajstić information content (AvgIpc) is 2.80. The molecule has 2 amide bonds. The first-order chi connectivity index (χ1) is 14.6. The standard InChI is InChI=1S/C23H26FN3O3/c24-19-3-1-2-17(14-19)21-9-6-18(15-25-21)22(28)26-20-7-4-16(5-8-20)23(29)27-10-12-30-13-11-27/h1-3,6,9,14-16,20H,4-5,7-8,10-13H2,(H,26,28). The summed E-state index contributed by atoms with van der Waals surface area (Å²) in [6.07, 6.45) is 4.68. The van der Waals surface area contributed by atoms with Gasteiger partial charge in [0.25, 0.3) is 5.91 Å². The summed E-state index contributed by atoms with van der Waals surface area (Å²) >= 11 is 0. The molecule has 30 heavy (non-hydrogen) atoms. The van der Waals surface area contributed by atoms with Crippen molar-refractivity contribution in [3.05, 3.63) is 54.0 Å². The number of nitrogens with one attached hydrogen (secondary N) is 1. The van der Waals surface area contributed by atoms with Crippen LogP contribution in [0.25, 0.3) is 11.3 Å². The normalized spacial score (nSPS) is 21.8. The molecule has 4 rings (SSSR count). The third kappa shape index (κ3) is 4.84. The quantitative estimate of drug-likeness (QED) is 0.840. The number of ether oxygens (including phenoxy) is 1. The van der Waals surface area contributed by atoms with Gasteiger partial charge in [-0.25, -0.2) is 4.39 Å². The number of hydrogen-bond donors (Lipinski definition) is 1. The molecule has 2 aliphatic rings. The molecular formula is C23H26FN3O3. The van der Waals surface area contributed by atoms with Crippen molar-refractivity contribution in [3.8, 4) is 11.3 Å². The number of pyridine rings is 1. The number of rotatable bonds is 4. The van der Waals surface area contributed by atoms with Gasteiger partial charge in [0, 0.05) is 36.8 Å². The maximum atomic E-state index is 13.4. The van der Waals surface area contributed by atoms with Gasteiger partial charge >= 0.3 is 0 Å². The lowest BCUT2D eigenvalue weighted by Gasteiger charge is -2.34. The minimum absolute atomic E-state index is 0.0449. The predicted molar refractivity (Wildman–Crippen MR) is 110 cm³/mol. The Morgan fingerprint density at radius 1 is 1.07 bits per heavy atom. The summed E-state index contributed by atoms with van der Waals surface area (Å²) in [6.45, 7) is 2.58. The molecule has 1 aromatic carbocycles. The lowest BCUT2D eigenvalue weighted by molar-refractivity contribution is -0.140. The Morgan fingerprint density at radius 2 is 1.83 bits per heavy atom. The SMILES string of the molecule is O=C(NC1CCC(C(=O)N2CCOCC2)CC1)c1ccc(-c2cccc(F)c2)nc1. The molecule has 1 aliphatic carbocycles. The molecule has 1 saturated carbocycles. The van der Waals surface area contributed by atoms with Gasteiger partial charge in [-0.3, -0.25) is 14.6 Å². The first kappa shape index (κ1) is 20.5. The molecule has 158 valence electrons. The van der Waals surface area contributed by atoms with E-state index in [1.807, 2.05) is 4.90 Å². The van der Waals surface area contributed by atoms with Crippen molar-refractivity contribution >= 4 is 11.8 Å². The van der Waals surface area contributed by atoms with Gasteiger partial charge in [0.15, 0.2) is 0 Å². The molecule has 0 unspecified atom stereocenters. The van der Waals surface area contributed by atoms with Gasteiger partial charge in [0.1, 0.15) is 5.82 Å². The first-order valence-electron chi connectivity index (χ1n) is 10.5. The monoisotopic (exact) mass is 411 g/mol. The van der Waals surface area contributed by atoms with Crippen molar-refractivity contribution in [2.45, 2.75) is 31.7 Å². The van der Waals surface area contributed by atoms with E-state index in [-0.39, 0.29) is 29.6 Å². The lowest BCUT2D eigenvalue weighted by atomic mass is 9.85. The van der Waals surface area contributed by atoms with Crippen molar-refractivity contribution in [2.24, 2.45) is 5.92 Å². The molecule has 7 heteroatoms. The highest BCUT2D eigenvalue weighted by molar-refractivity contribution is 5.94. The van der Waals surface area contributed by atoms with Gasteiger partial charge in [0.05, 0.1) is 24.5 Å². The minimum atomic E-state index is -0.321. The second-order valence-electron chi connectivity index (χ2n) is 7.90. The largest absolute Gasteiger partial charge is 0.378 e. The second kappa shape index (κ2) is 9.34. The third-order valence-corrected chi connectivity index (χ3v) is 5.88. The van der Waals surface area contributed by atoms with Crippen LogP contribution < -0.4 is 5.32 Å². The zero-order chi connectivity index (χ0) is 20.9. The van der Waals surface area contributed by atoms with E-state index in [1.54, 1.807) is 24.3 Å². The van der Waals surface area contributed by atoms with Gasteiger partial charge in [-0.1, -0.05) is 12.1 Å². The average molecular weight is 411 g/mol. The van der Waals surface area contributed by atoms with Gasteiger partial charge in [-0.2, -0.15) is 0 Å². The van der Waals surface area contributed by atoms with Crippen LogP contribution in [0.3, 0.4) is 0 Å². The summed E-state index contributed by atoms with van der Waals surface area (Å²) in [5, 5.41) is 3.06. The molecule has 0 radical (unpaired) electrons. The molecule has 1 saturated heterocycles. The van der Waals surface area contributed by atoms with Crippen LogP contribution in [0, 0.1) is 11.7 Å². The van der Waals surface area contributed by atoms with Crippen molar-refractivity contribution in [3.63, 3.8) is 0 Å². The van der Waals surface area contributed by atoms with Crippen LogP contribution in [0.2, 0.25) is 0 Å². The van der Waals surface area contributed by atoms with Gasteiger partial charge in [-0.05, 0) is 49.9 Å². The lowest BCUT2D eigenvalue weighted by Crippen LogP contribution is -2.46. The van der Waals surface area contributed by atoms with Crippen LogP contribution in [-0.2, 0) is 9.53 Å². The van der Waals surface area contributed by atoms with Crippen molar-refractivity contribution in [1.82, 2.24) is 15.2 Å². The zero-order valence-electron chi connectivity index (χ0n) is 16.9. The first-order valence-corrected chi connectivity index (χ1v) is 10.5. The minimum Gasteiger partial charge on any atom is -0.378 e. The highest BCUT2D eigenvalue weighted by Gasteiger charge is 2.30. The fourth-order valence-corrected chi connectivity index (χ4v) is 4.14. The molecule has 1 aromatic heterocycles. The maximum absolute atomic E-state index is 13.4. The number of amides is 2. The fraction of sp³-hybridized carbons (Fsp3) is 0.435. The topological polar surface area (TPSA) is 71.5 Å². The summed E-state index contributed by atoms with van der Waals surface area (Å²) < 4.78 is 18.7. The van der Waals surface area contributed by atoms with E-state index >= 15 is 0 Å². The van der Waals surface area contributed by atoms with Crippen LogP contribution in [0.5, 0.6) is 0 Å². The Morgan fingerprint density at radius 3 is 2.50 bits per heavy atom. The van der Waals surface area contributed by atoms with E-state index in [2.05, 4.69) is 10.3 Å². The fourth-order valence-electron chi connectivity index (χ4n) is 4.14. The number of halogens is 1. The Labute approximate surface area is 175 Å². The van der Waals surface area contributed by atoms with Crippen LogP contribution in [-0.4, -0.2) is 54.0 Å². The molecule has 2 aromatic rings. The summed E-state index contributed by atoms with van der Waals surface area (Å²) in [5.41, 5.74) is 1.76. The molecule has 1 N–H and O–H groups in total. The second-order valence-corrected chi connectivity index (χ2v) is 7.90. The predicted octanol–water partition coefficient (Wildman–Crippen LogP) is 3.04. The summed E-state index contributed by atoms with van der Waals surface area (Å²) in [6, 6.07) is 9.70. The Kier molecular flexibility index (Phi) is 6.38. The van der Waals surface area contributed by atoms with Crippen molar-refractivity contribution in [2.75, 3.05) is 26.3 Å². The van der Waals surface area contributed by atoms with Gasteiger partial charge in [0.2, 0.25) is 5.91 Å². The Bertz CT molecular complexity index is 889. The summed E-state index contributed by atoms with van der Waals surface area (Å²) in [7, 11) is 0. The number of aromatic nitrogens is 1. The van der Waals surface area contributed by atoms with E-state index < -0.39 is 0 Å². The van der Waals surface area contributed by atoms with E-state index in [0.29, 0.717) is 43.1 Å². The molecule has 6 nitrogen and oxygen atoms in total. The summed E-state index contributed by atoms with van der Waals surface area (Å²) in [4.78, 5) is 31.4. The van der Waals surface area contributed by atoms with E-state index in [4.69, 9.17) is 4.74 Å². The number of hydrogen-bond acceptors (Lipinski definition) is 4. The maximum Gasteiger partial charge on any atom is 0.253 e. The summed E-state index contributed by atoms with van der Waals surface area (Å²) in [5.74, 6) is -0.223. The Balaban J connectivity index is 1.29. The third-order valence-electron chi connectivity index (χ3n) is 5.88. The van der Waals surface area contributed by atoms with Crippen LogP contribution in [0.15, 0.2) is 42.6 Å². The molecule has 2 fully saturated rings. The molecule has 0 bridgehead atoms. The molecule has 1 aliphatic heterocycles. The van der Waals surface area contributed by atoms with Crippen molar-refractivity contribution in [1.29, 1.82) is 0 Å². The number of carbonyl (C=O) groups is 2. The van der Waals surface area contributed by atoms with Crippen molar-refractivity contribution < 1.29 is 18.7 Å². The highest BCUT2D eigenvalue weighted by Crippen LogP contribution is 2.27. The molecular weight excluding hydrogens is 385 g/mol. The number of benzene rings is 1. The molecule has 0 spiro atoms. The smallest absolute Gasteiger partial charge is 0.253 e. The van der Waals surface area contributed by atoms with E-state index in [1.165, 1.54) is 18.3 Å². The number of carbonyl (C=O) groups excluding carboxylic acids is 2. The molecule has 0 atom stereocenters.